The lowest BCUT2D eigenvalue weighted by Crippen LogP contribution is -2.47. The first-order valence-corrected chi connectivity index (χ1v) is 23.5. The highest BCUT2D eigenvalue weighted by atomic mass is 35.5. The number of pyridine rings is 1. The molecular formula is C49H53ClN12O4. The molecule has 6 aromatic rings. The number of rotatable bonds is 11. The number of nitrogens with one attached hydrogen (secondary N) is 1. The highest BCUT2D eigenvalue weighted by Gasteiger charge is 2.31. The molecule has 1 N–H and O–H groups in total. The summed E-state index contributed by atoms with van der Waals surface area (Å²) in [7, 11) is 0. The van der Waals surface area contributed by atoms with Crippen LogP contribution in [0.4, 0.5) is 5.82 Å². The molecule has 0 unspecified atom stereocenters. The number of halogens is 1. The fourth-order valence-corrected chi connectivity index (χ4v) is 10.0. The number of carbonyl (C=O) groups is 2. The molecule has 340 valence electrons. The van der Waals surface area contributed by atoms with Crippen molar-refractivity contribution in [2.45, 2.75) is 83.1 Å². The van der Waals surface area contributed by atoms with E-state index in [9.17, 15) is 9.59 Å². The van der Waals surface area contributed by atoms with E-state index in [0.717, 1.165) is 142 Å². The van der Waals surface area contributed by atoms with Crippen molar-refractivity contribution in [3.63, 3.8) is 0 Å². The number of hydrogen-bond donors (Lipinski definition) is 1. The Morgan fingerprint density at radius 2 is 1.77 bits per heavy atom. The van der Waals surface area contributed by atoms with E-state index in [1.54, 1.807) is 31.2 Å². The van der Waals surface area contributed by atoms with Gasteiger partial charge in [0.15, 0.2) is 11.5 Å². The standard InChI is InChI=1S/C49H53ClN12O4/c1-32(63)60-16-13-46-42(31-60)48(57-62(46)37-14-23-65-24-15-37)40-4-2-3-33-25-45(52-29-41(33)40)35-28-53-61(30-35)22-19-58-17-20-59(21-18-58)47-12-11-44(55-56-47)49(64)54-36-6-9-38(10-7-36)66-39-8-5-34(27-51)43(50)26-39/h2-5,8,11-12,25-26,28-30,36-38H,6-7,9-10,13-24,31H2,1H3,(H,54,64). The Kier molecular flexibility index (Phi) is 12.7. The van der Waals surface area contributed by atoms with E-state index in [4.69, 9.17) is 41.5 Å². The van der Waals surface area contributed by atoms with Gasteiger partial charge in [0.2, 0.25) is 5.91 Å². The molecule has 10 rings (SSSR count). The SMILES string of the molecule is CC(=O)N1CCc2c(c(-c3cccc4cc(-c5cnn(CCN6CCN(c7ccc(C(=O)NC8CCC(Oc9ccc(C#N)c(Cl)c9)CC8)nn7)CC6)c5)ncc34)nn2C2CCOCC2)C1. The zero-order valence-corrected chi connectivity index (χ0v) is 37.9. The van der Waals surface area contributed by atoms with Gasteiger partial charge in [-0.25, -0.2) is 0 Å². The van der Waals surface area contributed by atoms with Gasteiger partial charge in [-0.05, 0) is 74.2 Å². The second-order valence-corrected chi connectivity index (χ2v) is 18.2. The molecule has 66 heavy (non-hydrogen) atoms. The monoisotopic (exact) mass is 908 g/mol. The van der Waals surface area contributed by atoms with E-state index >= 15 is 0 Å². The fourth-order valence-electron chi connectivity index (χ4n) is 9.81. The van der Waals surface area contributed by atoms with Crippen molar-refractivity contribution in [2.75, 3.05) is 57.4 Å². The van der Waals surface area contributed by atoms with Crippen LogP contribution in [0.25, 0.3) is 33.3 Å². The number of ether oxygens (including phenoxy) is 2. The van der Waals surface area contributed by atoms with E-state index in [0.29, 0.717) is 41.2 Å². The van der Waals surface area contributed by atoms with Crippen LogP contribution in [0.1, 0.15) is 78.8 Å². The number of fused-ring (bicyclic) bond motifs is 2. The van der Waals surface area contributed by atoms with Gasteiger partial charge in [-0.3, -0.25) is 28.8 Å². The predicted octanol–water partition coefficient (Wildman–Crippen LogP) is 6.48. The summed E-state index contributed by atoms with van der Waals surface area (Å²) in [4.78, 5) is 37.1. The van der Waals surface area contributed by atoms with Crippen LogP contribution in [0.3, 0.4) is 0 Å². The van der Waals surface area contributed by atoms with Gasteiger partial charge in [0, 0.05) is 125 Å². The Morgan fingerprint density at radius 3 is 2.53 bits per heavy atom. The molecule has 7 heterocycles. The molecule has 3 aliphatic heterocycles. The highest BCUT2D eigenvalue weighted by Crippen LogP contribution is 2.38. The number of piperazine rings is 1. The molecule has 1 saturated carbocycles. The van der Waals surface area contributed by atoms with Crippen LogP contribution in [-0.4, -0.2) is 121 Å². The topological polar surface area (TPSA) is 172 Å². The summed E-state index contributed by atoms with van der Waals surface area (Å²) in [5.74, 6) is 1.28. The maximum atomic E-state index is 13.1. The van der Waals surface area contributed by atoms with Crippen LogP contribution in [0.15, 0.2) is 73.2 Å². The van der Waals surface area contributed by atoms with Gasteiger partial charge in [0.1, 0.15) is 11.8 Å². The Labute approximate surface area is 388 Å². The number of benzene rings is 2. The Hall–Kier alpha value is -6.41. The third-order valence-corrected chi connectivity index (χ3v) is 13.9. The molecule has 4 aromatic heterocycles. The van der Waals surface area contributed by atoms with E-state index in [1.807, 2.05) is 28.0 Å². The summed E-state index contributed by atoms with van der Waals surface area (Å²) in [6, 6.07) is 19.6. The maximum Gasteiger partial charge on any atom is 0.272 e. The van der Waals surface area contributed by atoms with Gasteiger partial charge in [-0.1, -0.05) is 29.8 Å². The van der Waals surface area contributed by atoms with Gasteiger partial charge < -0.3 is 24.6 Å². The van der Waals surface area contributed by atoms with Crippen molar-refractivity contribution in [1.82, 2.24) is 49.9 Å². The van der Waals surface area contributed by atoms with Gasteiger partial charge >= 0.3 is 0 Å². The molecule has 0 atom stereocenters. The number of nitriles is 1. The highest BCUT2D eigenvalue weighted by molar-refractivity contribution is 6.31. The van der Waals surface area contributed by atoms with Gasteiger partial charge in [-0.2, -0.15) is 15.5 Å². The van der Waals surface area contributed by atoms with Crippen molar-refractivity contribution in [3.8, 4) is 34.3 Å². The molecule has 17 heteroatoms. The second kappa shape index (κ2) is 19.2. The van der Waals surface area contributed by atoms with Gasteiger partial charge in [0.05, 0.1) is 46.9 Å². The van der Waals surface area contributed by atoms with Crippen molar-refractivity contribution in [2.24, 2.45) is 0 Å². The first-order chi connectivity index (χ1) is 32.3. The van der Waals surface area contributed by atoms with Crippen molar-refractivity contribution < 1.29 is 19.1 Å². The van der Waals surface area contributed by atoms with E-state index in [2.05, 4.69) is 66.5 Å². The normalized spacial score (nSPS) is 19.3. The minimum absolute atomic E-state index is 0.0242. The van der Waals surface area contributed by atoms with Crippen LogP contribution in [0, 0.1) is 11.3 Å². The summed E-state index contributed by atoms with van der Waals surface area (Å²) in [5.41, 5.74) is 6.90. The number of anilines is 1. The Balaban J connectivity index is 0.709. The number of carbonyl (C=O) groups excluding carboxylic acids is 2. The fraction of sp³-hybridized carbons (Fsp3) is 0.429. The predicted molar refractivity (Wildman–Crippen MR) is 249 cm³/mol. The van der Waals surface area contributed by atoms with E-state index in [1.165, 1.54) is 5.69 Å². The molecule has 2 amide bonds. The third-order valence-electron chi connectivity index (χ3n) is 13.6. The molecule has 4 aliphatic rings. The molecule has 2 saturated heterocycles. The summed E-state index contributed by atoms with van der Waals surface area (Å²) in [6.45, 7) is 9.37. The first-order valence-electron chi connectivity index (χ1n) is 23.1. The molecule has 1 aliphatic carbocycles. The average molecular weight is 909 g/mol. The van der Waals surface area contributed by atoms with Crippen LogP contribution in [0.5, 0.6) is 5.75 Å². The number of hydrogen-bond acceptors (Lipinski definition) is 12. The molecule has 0 radical (unpaired) electrons. The maximum absolute atomic E-state index is 13.1. The minimum atomic E-state index is -0.221. The lowest BCUT2D eigenvalue weighted by atomic mass is 9.93. The number of nitrogens with zero attached hydrogens (tertiary/aromatic N) is 11. The third kappa shape index (κ3) is 9.33. The van der Waals surface area contributed by atoms with Crippen LogP contribution >= 0.6 is 11.6 Å². The Bertz CT molecular complexity index is 2760. The quantitative estimate of drug-likeness (QED) is 0.150. The molecule has 2 aromatic carbocycles. The van der Waals surface area contributed by atoms with Crippen LogP contribution < -0.4 is 15.0 Å². The van der Waals surface area contributed by atoms with Gasteiger partial charge in [-0.15, -0.1) is 10.2 Å². The summed E-state index contributed by atoms with van der Waals surface area (Å²) < 4.78 is 16.0. The zero-order chi connectivity index (χ0) is 45.1. The average Bonchev–Trinajstić information content (AvgIpc) is 3.99. The zero-order valence-electron chi connectivity index (χ0n) is 37.1. The smallest absolute Gasteiger partial charge is 0.272 e. The Morgan fingerprint density at radius 1 is 0.939 bits per heavy atom. The molecule has 0 spiro atoms. The van der Waals surface area contributed by atoms with Gasteiger partial charge in [0.25, 0.3) is 5.91 Å². The number of amides is 2. The van der Waals surface area contributed by atoms with E-state index in [-0.39, 0.29) is 24.0 Å². The summed E-state index contributed by atoms with van der Waals surface area (Å²) in [6.07, 6.45) is 11.8. The van der Waals surface area contributed by atoms with Crippen molar-refractivity contribution >= 4 is 40.0 Å². The van der Waals surface area contributed by atoms with E-state index < -0.39 is 0 Å². The molecule has 3 fully saturated rings. The number of aromatic nitrogens is 7. The first kappa shape index (κ1) is 43.5. The van der Waals surface area contributed by atoms with Crippen molar-refractivity contribution in [3.05, 3.63) is 101 Å². The molecule has 16 nitrogen and oxygen atoms in total. The minimum Gasteiger partial charge on any atom is -0.490 e. The summed E-state index contributed by atoms with van der Waals surface area (Å²) in [5, 5.41) is 33.4. The largest absolute Gasteiger partial charge is 0.490 e. The molecular weight excluding hydrogens is 856 g/mol. The second-order valence-electron chi connectivity index (χ2n) is 17.8. The van der Waals surface area contributed by atoms with Crippen LogP contribution in [0.2, 0.25) is 5.02 Å². The lowest BCUT2D eigenvalue weighted by molar-refractivity contribution is -0.129. The molecule has 0 bridgehead atoms. The van der Waals surface area contributed by atoms with Crippen molar-refractivity contribution in [1.29, 1.82) is 5.26 Å². The summed E-state index contributed by atoms with van der Waals surface area (Å²) >= 11 is 6.17. The lowest BCUT2D eigenvalue weighted by Gasteiger charge is -2.35. The van der Waals surface area contributed by atoms with Crippen LogP contribution in [-0.2, 0) is 29.0 Å².